The van der Waals surface area contributed by atoms with E-state index in [9.17, 15) is 0 Å². The Bertz CT molecular complexity index is 571. The van der Waals surface area contributed by atoms with Crippen LogP contribution in [0.2, 0.25) is 5.15 Å². The van der Waals surface area contributed by atoms with Gasteiger partial charge < -0.3 is 5.32 Å². The van der Waals surface area contributed by atoms with Gasteiger partial charge >= 0.3 is 0 Å². The van der Waals surface area contributed by atoms with Crippen LogP contribution in [0.3, 0.4) is 0 Å². The molecule has 0 aromatic carbocycles. The molecule has 2 rings (SSSR count). The molecular formula is C12H10ClN3S. The first kappa shape index (κ1) is 11.9. The lowest BCUT2D eigenvalue weighted by molar-refractivity contribution is 1.16. The Morgan fingerprint density at radius 1 is 1.53 bits per heavy atom. The van der Waals surface area contributed by atoms with Crippen molar-refractivity contribution in [2.24, 2.45) is 0 Å². The largest absolute Gasteiger partial charge is 0.379 e. The average Bonchev–Trinajstić information content (AvgIpc) is 2.79. The second kappa shape index (κ2) is 5.17. The van der Waals surface area contributed by atoms with E-state index in [0.29, 0.717) is 11.7 Å². The molecule has 0 aliphatic heterocycles. The van der Waals surface area contributed by atoms with Gasteiger partial charge in [-0.15, -0.1) is 11.3 Å². The minimum Gasteiger partial charge on any atom is -0.379 e. The Kier molecular flexibility index (Phi) is 3.62. The van der Waals surface area contributed by atoms with E-state index in [4.69, 9.17) is 16.9 Å². The van der Waals surface area contributed by atoms with Gasteiger partial charge in [-0.05, 0) is 30.7 Å². The Balaban J connectivity index is 2.02. The van der Waals surface area contributed by atoms with Crippen LogP contribution in [0.1, 0.15) is 15.3 Å². The van der Waals surface area contributed by atoms with Gasteiger partial charge in [0.05, 0.1) is 11.9 Å². The maximum atomic E-state index is 8.72. The van der Waals surface area contributed by atoms with Crippen molar-refractivity contribution < 1.29 is 0 Å². The number of rotatable bonds is 3. The topological polar surface area (TPSA) is 48.7 Å². The highest BCUT2D eigenvalue weighted by molar-refractivity contribution is 7.12. The highest BCUT2D eigenvalue weighted by atomic mass is 35.5. The number of nitrogens with zero attached hydrogens (tertiary/aromatic N) is 2. The highest BCUT2D eigenvalue weighted by Crippen LogP contribution is 2.19. The fourth-order valence-corrected chi connectivity index (χ4v) is 2.22. The van der Waals surface area contributed by atoms with Gasteiger partial charge in [0.25, 0.3) is 0 Å². The number of anilines is 1. The van der Waals surface area contributed by atoms with Crippen LogP contribution in [-0.2, 0) is 6.54 Å². The molecule has 0 aliphatic rings. The molecule has 0 saturated carbocycles. The van der Waals surface area contributed by atoms with Crippen molar-refractivity contribution in [2.45, 2.75) is 13.5 Å². The Morgan fingerprint density at radius 3 is 3.00 bits per heavy atom. The first-order valence-electron chi connectivity index (χ1n) is 5.04. The lowest BCUT2D eigenvalue weighted by Crippen LogP contribution is -1.98. The van der Waals surface area contributed by atoms with E-state index in [2.05, 4.69) is 16.4 Å². The summed E-state index contributed by atoms with van der Waals surface area (Å²) >= 11 is 7.34. The number of aryl methyl sites for hydroxylation is 1. The highest BCUT2D eigenvalue weighted by Gasteiger charge is 2.01. The van der Waals surface area contributed by atoms with Crippen molar-refractivity contribution in [3.63, 3.8) is 0 Å². The molecule has 0 fully saturated rings. The Morgan fingerprint density at radius 2 is 2.35 bits per heavy atom. The molecule has 0 amide bonds. The lowest BCUT2D eigenvalue weighted by Gasteiger charge is -2.05. The molecule has 0 bridgehead atoms. The average molecular weight is 264 g/mol. The molecule has 2 aromatic heterocycles. The summed E-state index contributed by atoms with van der Waals surface area (Å²) in [5.74, 6) is 0. The van der Waals surface area contributed by atoms with Crippen LogP contribution in [0.4, 0.5) is 5.69 Å². The summed E-state index contributed by atoms with van der Waals surface area (Å²) in [6, 6.07) is 7.85. The number of hydrogen-bond acceptors (Lipinski definition) is 4. The zero-order valence-corrected chi connectivity index (χ0v) is 10.8. The van der Waals surface area contributed by atoms with Crippen LogP contribution in [0.15, 0.2) is 24.4 Å². The number of aromatic nitrogens is 1. The van der Waals surface area contributed by atoms with Gasteiger partial charge in [-0.25, -0.2) is 4.98 Å². The van der Waals surface area contributed by atoms with Crippen LogP contribution < -0.4 is 5.32 Å². The van der Waals surface area contributed by atoms with Crippen LogP contribution >= 0.6 is 22.9 Å². The third-order valence-corrected chi connectivity index (χ3v) is 3.64. The van der Waals surface area contributed by atoms with Crippen LogP contribution in [0.5, 0.6) is 0 Å². The van der Waals surface area contributed by atoms with Gasteiger partial charge in [0, 0.05) is 11.4 Å². The predicted molar refractivity (Wildman–Crippen MR) is 70.3 cm³/mol. The smallest absolute Gasteiger partial charge is 0.132 e. The predicted octanol–water partition coefficient (Wildman–Crippen LogP) is 3.59. The van der Waals surface area contributed by atoms with Gasteiger partial charge in [-0.1, -0.05) is 11.6 Å². The number of nitrogens with one attached hydrogen (secondary N) is 1. The first-order chi connectivity index (χ1) is 8.19. The molecule has 0 saturated heterocycles. The summed E-state index contributed by atoms with van der Waals surface area (Å²) in [5, 5.41) is 12.5. The summed E-state index contributed by atoms with van der Waals surface area (Å²) in [5.41, 5.74) is 1.87. The van der Waals surface area contributed by atoms with Crippen molar-refractivity contribution in [1.82, 2.24) is 4.98 Å². The molecule has 3 nitrogen and oxygen atoms in total. The van der Waals surface area contributed by atoms with Crippen LogP contribution in [0.25, 0.3) is 0 Å². The van der Waals surface area contributed by atoms with E-state index in [1.54, 1.807) is 6.20 Å². The molecule has 17 heavy (non-hydrogen) atoms. The summed E-state index contributed by atoms with van der Waals surface area (Å²) in [7, 11) is 0. The molecular weight excluding hydrogens is 254 g/mol. The van der Waals surface area contributed by atoms with E-state index in [0.717, 1.165) is 21.0 Å². The Hall–Kier alpha value is -1.57. The molecule has 0 atom stereocenters. The number of pyridine rings is 1. The van der Waals surface area contributed by atoms with Crippen LogP contribution in [-0.4, -0.2) is 4.98 Å². The van der Waals surface area contributed by atoms with Crippen molar-refractivity contribution in [3.8, 4) is 6.07 Å². The molecule has 0 unspecified atom stereocenters. The number of halogens is 1. The molecule has 5 heteroatoms. The maximum Gasteiger partial charge on any atom is 0.132 e. The Labute approximate surface area is 109 Å². The van der Waals surface area contributed by atoms with Gasteiger partial charge in [-0.2, -0.15) is 5.26 Å². The number of thiophene rings is 1. The van der Waals surface area contributed by atoms with Crippen molar-refractivity contribution in [1.29, 1.82) is 5.26 Å². The molecule has 1 N–H and O–H groups in total. The van der Waals surface area contributed by atoms with E-state index >= 15 is 0 Å². The molecule has 0 aliphatic carbocycles. The molecule has 2 heterocycles. The van der Waals surface area contributed by atoms with Gasteiger partial charge in [-0.3, -0.25) is 0 Å². The quantitative estimate of drug-likeness (QED) is 0.861. The molecule has 2 aromatic rings. The second-order valence-corrected chi connectivity index (χ2v) is 5.09. The standard InChI is InChI=1S/C12H10ClN3S/c1-8-4-9(6-16-12(8)13)15-7-11-3-2-10(5-14)17-11/h2-4,6,15H,7H2,1H3. The van der Waals surface area contributed by atoms with E-state index in [-0.39, 0.29) is 0 Å². The van der Waals surface area contributed by atoms with Gasteiger partial charge in [0.1, 0.15) is 16.1 Å². The van der Waals surface area contributed by atoms with Crippen molar-refractivity contribution >= 4 is 28.6 Å². The van der Waals surface area contributed by atoms with Gasteiger partial charge in [0.15, 0.2) is 0 Å². The molecule has 0 radical (unpaired) electrons. The summed E-state index contributed by atoms with van der Waals surface area (Å²) < 4.78 is 0. The minimum absolute atomic E-state index is 0.526. The minimum atomic E-state index is 0.526. The number of nitriles is 1. The monoisotopic (exact) mass is 263 g/mol. The zero-order chi connectivity index (χ0) is 12.3. The maximum absolute atomic E-state index is 8.72. The number of hydrogen-bond donors (Lipinski definition) is 1. The fourth-order valence-electron chi connectivity index (χ4n) is 1.38. The van der Waals surface area contributed by atoms with E-state index < -0.39 is 0 Å². The normalized spacial score (nSPS) is 9.94. The zero-order valence-electron chi connectivity index (χ0n) is 9.20. The van der Waals surface area contributed by atoms with Crippen molar-refractivity contribution in [2.75, 3.05) is 5.32 Å². The van der Waals surface area contributed by atoms with Crippen molar-refractivity contribution in [3.05, 3.63) is 44.9 Å². The lowest BCUT2D eigenvalue weighted by atomic mass is 10.3. The molecule has 0 spiro atoms. The molecule has 86 valence electrons. The second-order valence-electron chi connectivity index (χ2n) is 3.56. The SMILES string of the molecule is Cc1cc(NCc2ccc(C#N)s2)cnc1Cl. The summed E-state index contributed by atoms with van der Waals surface area (Å²) in [6.07, 6.45) is 1.70. The summed E-state index contributed by atoms with van der Waals surface area (Å²) in [4.78, 5) is 5.91. The fraction of sp³-hybridized carbons (Fsp3) is 0.167. The van der Waals surface area contributed by atoms with E-state index in [1.807, 2.05) is 25.1 Å². The van der Waals surface area contributed by atoms with E-state index in [1.165, 1.54) is 11.3 Å². The van der Waals surface area contributed by atoms with Gasteiger partial charge in [0.2, 0.25) is 0 Å². The summed E-state index contributed by atoms with van der Waals surface area (Å²) in [6.45, 7) is 2.61. The van der Waals surface area contributed by atoms with Crippen LogP contribution in [0, 0.1) is 18.3 Å². The third-order valence-electron chi connectivity index (χ3n) is 2.25. The third kappa shape index (κ3) is 2.96. The first-order valence-corrected chi connectivity index (χ1v) is 6.23.